The smallest absolute Gasteiger partial charge is 0.321 e. The van der Waals surface area contributed by atoms with Crippen molar-refractivity contribution >= 4 is 47.0 Å². The van der Waals surface area contributed by atoms with E-state index >= 15 is 0 Å². The van der Waals surface area contributed by atoms with Crippen molar-refractivity contribution in [3.05, 3.63) is 0 Å². The Morgan fingerprint density at radius 2 is 1.60 bits per heavy atom. The Bertz CT molecular complexity index is 205. The van der Waals surface area contributed by atoms with Gasteiger partial charge in [-0.1, -0.05) is 10.8 Å². The monoisotopic (exact) mass is 274 g/mol. The minimum absolute atomic E-state index is 0.190. The molecule has 0 aromatic rings. The van der Waals surface area contributed by atoms with Gasteiger partial charge in [0.25, 0.3) is 0 Å². The summed E-state index contributed by atoms with van der Waals surface area (Å²) in [5, 5.41) is 16.1. The number of nitrogens with two attached hydrogens (primary N) is 2. The molecule has 0 spiro atoms. The van der Waals surface area contributed by atoms with Gasteiger partial charge in [-0.25, -0.2) is 0 Å². The van der Waals surface area contributed by atoms with Gasteiger partial charge in [0.15, 0.2) is 0 Å². The molecule has 0 aliphatic carbocycles. The zero-order valence-electron chi connectivity index (χ0n) is 7.74. The average Bonchev–Trinajstić information content (AvgIpc) is 2.17. The summed E-state index contributed by atoms with van der Waals surface area (Å²) in [5.74, 6) is -1.45. The Kier molecular flexibility index (Phi) is 12.0. The fourth-order valence-corrected chi connectivity index (χ4v) is 1.17. The van der Waals surface area contributed by atoms with Crippen LogP contribution < -0.4 is 11.5 Å². The predicted molar refractivity (Wildman–Crippen MR) is 66.5 cm³/mol. The summed E-state index contributed by atoms with van der Waals surface area (Å²) in [6.07, 6.45) is 0. The highest BCUT2D eigenvalue weighted by Gasteiger charge is 2.08. The van der Waals surface area contributed by atoms with Gasteiger partial charge in [-0.2, -0.15) is 12.6 Å². The van der Waals surface area contributed by atoms with Crippen molar-refractivity contribution in [2.75, 3.05) is 11.5 Å². The summed E-state index contributed by atoms with van der Waals surface area (Å²) in [5.41, 5.74) is 10.00. The molecule has 0 heterocycles. The van der Waals surface area contributed by atoms with E-state index in [4.69, 9.17) is 21.7 Å². The molecule has 0 aliphatic heterocycles. The second-order valence-electron chi connectivity index (χ2n) is 2.37. The van der Waals surface area contributed by atoms with Crippen LogP contribution >= 0.6 is 35.1 Å². The summed E-state index contributed by atoms with van der Waals surface area (Å²) in [4.78, 5) is 19.7. The number of hydrogen-bond acceptors (Lipinski definition) is 7. The topological polar surface area (TPSA) is 127 Å². The van der Waals surface area contributed by atoms with Gasteiger partial charge in [0.2, 0.25) is 0 Å². The van der Waals surface area contributed by atoms with Gasteiger partial charge in [0.1, 0.15) is 12.1 Å². The van der Waals surface area contributed by atoms with Crippen LogP contribution in [0.5, 0.6) is 0 Å². The SMILES string of the molecule is N[C@@H](CS)C(=O)O.N[C@@H](CSS)C(=O)O. The standard InChI is InChI=1S/C3H7NO2S2.C3H7NO2S/c4-2(1-8-7)3(5)6;4-2(1-7)3(5)6/h2,7H,1,4H2,(H,5,6);2,7H,1,4H2,(H,5,6)/t2*2-/m00/s1. The number of aliphatic carboxylic acids is 2. The first kappa shape index (κ1) is 17.3. The van der Waals surface area contributed by atoms with Crippen molar-refractivity contribution < 1.29 is 19.8 Å². The molecule has 0 saturated heterocycles. The lowest BCUT2D eigenvalue weighted by molar-refractivity contribution is -0.138. The maximum absolute atomic E-state index is 9.92. The van der Waals surface area contributed by atoms with Crippen LogP contribution in [0.2, 0.25) is 0 Å². The van der Waals surface area contributed by atoms with Crippen molar-refractivity contribution in [1.82, 2.24) is 0 Å². The second kappa shape index (κ2) is 10.4. The van der Waals surface area contributed by atoms with Gasteiger partial charge >= 0.3 is 11.9 Å². The summed E-state index contributed by atoms with van der Waals surface area (Å²) >= 11 is 7.38. The van der Waals surface area contributed by atoms with Crippen LogP contribution in [0.1, 0.15) is 0 Å². The fraction of sp³-hybridized carbons (Fsp3) is 0.667. The fourth-order valence-electron chi connectivity index (χ4n) is 0.230. The number of thiol groups is 2. The van der Waals surface area contributed by atoms with Crippen LogP contribution in [-0.2, 0) is 9.59 Å². The highest BCUT2D eigenvalue weighted by atomic mass is 33.1. The van der Waals surface area contributed by atoms with Crippen LogP contribution in [0.15, 0.2) is 0 Å². The molecule has 9 heteroatoms. The van der Waals surface area contributed by atoms with Crippen molar-refractivity contribution in [2.24, 2.45) is 11.5 Å². The molecule has 0 radical (unpaired) electrons. The van der Waals surface area contributed by atoms with Crippen LogP contribution in [0, 0.1) is 0 Å². The van der Waals surface area contributed by atoms with Crippen molar-refractivity contribution in [2.45, 2.75) is 12.1 Å². The van der Waals surface area contributed by atoms with Gasteiger partial charge in [0.05, 0.1) is 0 Å². The highest BCUT2D eigenvalue weighted by molar-refractivity contribution is 8.68. The van der Waals surface area contributed by atoms with Gasteiger partial charge in [0, 0.05) is 11.5 Å². The molecule has 0 fully saturated rings. The molecule has 0 saturated carbocycles. The maximum atomic E-state index is 9.92. The van der Waals surface area contributed by atoms with E-state index in [-0.39, 0.29) is 5.75 Å². The van der Waals surface area contributed by atoms with Gasteiger partial charge in [-0.05, 0) is 0 Å². The van der Waals surface area contributed by atoms with E-state index in [2.05, 4.69) is 24.3 Å². The lowest BCUT2D eigenvalue weighted by Crippen LogP contribution is -2.31. The van der Waals surface area contributed by atoms with Crippen LogP contribution in [-0.4, -0.2) is 45.7 Å². The highest BCUT2D eigenvalue weighted by Crippen LogP contribution is 2.04. The van der Waals surface area contributed by atoms with Gasteiger partial charge < -0.3 is 21.7 Å². The zero-order valence-corrected chi connectivity index (χ0v) is 10.3. The zero-order chi connectivity index (χ0) is 12.4. The predicted octanol–water partition coefficient (Wildman–Crippen LogP) is -0.696. The summed E-state index contributed by atoms with van der Waals surface area (Å²) in [7, 11) is 1.13. The molecule has 0 aliphatic rings. The third-order valence-corrected chi connectivity index (χ3v) is 2.43. The largest absolute Gasteiger partial charge is 0.480 e. The molecule has 2 atom stereocenters. The van der Waals surface area contributed by atoms with E-state index in [1.165, 1.54) is 0 Å². The Hall–Kier alpha value is -0.0900. The Morgan fingerprint density at radius 1 is 1.20 bits per heavy atom. The Balaban J connectivity index is 0. The summed E-state index contributed by atoms with van der Waals surface area (Å²) in [6.45, 7) is 0. The minimum atomic E-state index is -1.00. The quantitative estimate of drug-likeness (QED) is 0.289. The van der Waals surface area contributed by atoms with E-state index in [9.17, 15) is 9.59 Å². The molecule has 0 aromatic carbocycles. The third-order valence-electron chi connectivity index (χ3n) is 1.09. The van der Waals surface area contributed by atoms with Crippen molar-refractivity contribution in [3.63, 3.8) is 0 Å². The summed E-state index contributed by atoms with van der Waals surface area (Å²) < 4.78 is 0. The van der Waals surface area contributed by atoms with E-state index in [1.807, 2.05) is 0 Å². The van der Waals surface area contributed by atoms with E-state index in [0.29, 0.717) is 5.75 Å². The van der Waals surface area contributed by atoms with Crippen molar-refractivity contribution in [1.29, 1.82) is 0 Å². The number of carboxylic acids is 2. The first-order valence-corrected chi connectivity index (χ1v) is 6.37. The molecule has 0 unspecified atom stereocenters. The normalized spacial score (nSPS) is 13.3. The molecule has 0 aromatic heterocycles. The van der Waals surface area contributed by atoms with Crippen LogP contribution in [0.25, 0.3) is 0 Å². The van der Waals surface area contributed by atoms with Crippen molar-refractivity contribution in [3.8, 4) is 0 Å². The molecule has 6 nitrogen and oxygen atoms in total. The van der Waals surface area contributed by atoms with Gasteiger partial charge in [-0.3, -0.25) is 9.59 Å². The van der Waals surface area contributed by atoms with Crippen LogP contribution in [0.4, 0.5) is 0 Å². The molecule has 0 amide bonds. The minimum Gasteiger partial charge on any atom is -0.480 e. The number of carboxylic acid groups (broad SMARTS) is 2. The van der Waals surface area contributed by atoms with Crippen LogP contribution in [0.3, 0.4) is 0 Å². The summed E-state index contributed by atoms with van der Waals surface area (Å²) in [6, 6.07) is -1.60. The lowest BCUT2D eigenvalue weighted by Gasteiger charge is -1.99. The third kappa shape index (κ3) is 11.8. The maximum Gasteiger partial charge on any atom is 0.321 e. The van der Waals surface area contributed by atoms with Gasteiger partial charge in [-0.15, -0.1) is 11.7 Å². The Morgan fingerprint density at radius 3 is 1.67 bits per heavy atom. The first-order valence-electron chi connectivity index (χ1n) is 3.70. The Labute approximate surface area is 102 Å². The number of rotatable bonds is 5. The van der Waals surface area contributed by atoms with E-state index in [1.54, 1.807) is 0 Å². The van der Waals surface area contributed by atoms with E-state index in [0.717, 1.165) is 10.8 Å². The molecule has 0 rings (SSSR count). The molecule has 15 heavy (non-hydrogen) atoms. The molecule has 0 bridgehead atoms. The molecular formula is C6H14N2O4S3. The molecule has 6 N–H and O–H groups in total. The number of hydrogen-bond donors (Lipinski definition) is 6. The molecule has 90 valence electrons. The molecular weight excluding hydrogens is 260 g/mol. The average molecular weight is 274 g/mol. The second-order valence-corrected chi connectivity index (χ2v) is 4.10. The number of carbonyl (C=O) groups is 2. The van der Waals surface area contributed by atoms with E-state index < -0.39 is 24.0 Å². The lowest BCUT2D eigenvalue weighted by atomic mass is 10.4. The first-order chi connectivity index (χ1) is 6.86.